The Morgan fingerprint density at radius 3 is 2.74 bits per heavy atom. The number of methoxy groups -OCH3 is 1. The highest BCUT2D eigenvalue weighted by Gasteiger charge is 2.12. The largest absolute Gasteiger partial charge is 0.497 e. The van der Waals surface area contributed by atoms with Crippen LogP contribution in [0.2, 0.25) is 10.0 Å². The van der Waals surface area contributed by atoms with Crippen LogP contribution in [0.4, 0.5) is 5.69 Å². The lowest BCUT2D eigenvalue weighted by Crippen LogP contribution is -2.13. The van der Waals surface area contributed by atoms with Crippen LogP contribution in [0.1, 0.15) is 5.56 Å². The van der Waals surface area contributed by atoms with Gasteiger partial charge in [-0.25, -0.2) is 0 Å². The molecule has 0 heterocycles. The van der Waals surface area contributed by atoms with Gasteiger partial charge in [0.25, 0.3) is 5.91 Å². The average molecular weight is 347 g/mol. The highest BCUT2D eigenvalue weighted by atomic mass is 35.5. The van der Waals surface area contributed by atoms with E-state index < -0.39 is 5.91 Å². The molecule has 0 unspecified atom stereocenters. The molecule has 2 rings (SSSR count). The summed E-state index contributed by atoms with van der Waals surface area (Å²) < 4.78 is 5.11. The quantitative estimate of drug-likeness (QED) is 0.652. The van der Waals surface area contributed by atoms with Gasteiger partial charge < -0.3 is 10.1 Å². The fourth-order valence-electron chi connectivity index (χ4n) is 1.83. The molecule has 6 heteroatoms. The Labute approximate surface area is 143 Å². The van der Waals surface area contributed by atoms with Crippen molar-refractivity contribution >= 4 is 40.9 Å². The standard InChI is InChI=1S/C17H12Cl2N2O2/c1-23-14-4-2-3-11(8-14)7-12(10-20)17(22)21-16-9-13(18)5-6-15(16)19/h2-9H,1H3,(H,21,22)/b12-7+. The number of carbonyl (C=O) groups is 1. The van der Waals surface area contributed by atoms with E-state index in [-0.39, 0.29) is 5.57 Å². The lowest BCUT2D eigenvalue weighted by molar-refractivity contribution is -0.112. The summed E-state index contributed by atoms with van der Waals surface area (Å²) in [5.74, 6) is 0.0637. The van der Waals surface area contributed by atoms with Crippen LogP contribution in [0.15, 0.2) is 48.0 Å². The zero-order valence-corrected chi connectivity index (χ0v) is 13.7. The van der Waals surface area contributed by atoms with E-state index in [1.165, 1.54) is 12.1 Å². The summed E-state index contributed by atoms with van der Waals surface area (Å²) >= 11 is 11.9. The maximum atomic E-state index is 12.2. The molecule has 0 aliphatic rings. The van der Waals surface area contributed by atoms with Crippen LogP contribution in [0.5, 0.6) is 5.75 Å². The second-order valence-corrected chi connectivity index (χ2v) is 5.37. The third-order valence-corrected chi connectivity index (χ3v) is 3.51. The SMILES string of the molecule is COc1cccc(/C=C(\C#N)C(=O)Nc2cc(Cl)ccc2Cl)c1. The maximum Gasteiger partial charge on any atom is 0.266 e. The van der Waals surface area contributed by atoms with Crippen LogP contribution in [-0.2, 0) is 4.79 Å². The number of carbonyl (C=O) groups excluding carboxylic acids is 1. The summed E-state index contributed by atoms with van der Waals surface area (Å²) in [6.07, 6.45) is 1.47. The first kappa shape index (κ1) is 16.9. The topological polar surface area (TPSA) is 62.1 Å². The van der Waals surface area contributed by atoms with Crippen LogP contribution in [0.25, 0.3) is 6.08 Å². The van der Waals surface area contributed by atoms with E-state index in [0.29, 0.717) is 27.0 Å². The van der Waals surface area contributed by atoms with Crippen molar-refractivity contribution in [2.75, 3.05) is 12.4 Å². The van der Waals surface area contributed by atoms with Gasteiger partial charge in [-0.3, -0.25) is 4.79 Å². The number of nitrogens with one attached hydrogen (secondary N) is 1. The summed E-state index contributed by atoms with van der Waals surface area (Å²) in [6, 6.07) is 13.6. The minimum atomic E-state index is -0.570. The van der Waals surface area contributed by atoms with Crippen molar-refractivity contribution in [2.24, 2.45) is 0 Å². The monoisotopic (exact) mass is 346 g/mol. The van der Waals surface area contributed by atoms with Gasteiger partial charge in [0, 0.05) is 5.02 Å². The smallest absolute Gasteiger partial charge is 0.266 e. The third kappa shape index (κ3) is 4.49. The van der Waals surface area contributed by atoms with Gasteiger partial charge in [0.2, 0.25) is 0 Å². The Morgan fingerprint density at radius 1 is 1.26 bits per heavy atom. The predicted molar refractivity (Wildman–Crippen MR) is 91.7 cm³/mol. The minimum absolute atomic E-state index is 0.0608. The first-order valence-corrected chi connectivity index (χ1v) is 7.31. The molecule has 0 saturated heterocycles. The number of rotatable bonds is 4. The number of hydrogen-bond donors (Lipinski definition) is 1. The lowest BCUT2D eigenvalue weighted by Gasteiger charge is -2.07. The van der Waals surface area contributed by atoms with Crippen molar-refractivity contribution in [3.8, 4) is 11.8 Å². The van der Waals surface area contributed by atoms with E-state index in [1.54, 1.807) is 43.5 Å². The summed E-state index contributed by atoms with van der Waals surface area (Å²) in [7, 11) is 1.54. The molecule has 116 valence electrons. The zero-order valence-electron chi connectivity index (χ0n) is 12.1. The summed E-state index contributed by atoms with van der Waals surface area (Å²) in [5.41, 5.74) is 0.957. The first-order chi connectivity index (χ1) is 11.0. The molecule has 2 aromatic rings. The van der Waals surface area contributed by atoms with Gasteiger partial charge in [-0.1, -0.05) is 35.3 Å². The fraction of sp³-hybridized carbons (Fsp3) is 0.0588. The average Bonchev–Trinajstić information content (AvgIpc) is 2.56. The summed E-state index contributed by atoms with van der Waals surface area (Å²) in [4.78, 5) is 12.2. The Bertz CT molecular complexity index is 810. The molecule has 23 heavy (non-hydrogen) atoms. The van der Waals surface area contributed by atoms with Gasteiger partial charge in [-0.2, -0.15) is 5.26 Å². The molecule has 0 aliphatic heterocycles. The molecule has 0 fully saturated rings. The molecule has 1 N–H and O–H groups in total. The number of hydrogen-bond acceptors (Lipinski definition) is 3. The number of halogens is 2. The summed E-state index contributed by atoms with van der Waals surface area (Å²) in [6.45, 7) is 0. The van der Waals surface area contributed by atoms with E-state index >= 15 is 0 Å². The number of anilines is 1. The lowest BCUT2D eigenvalue weighted by atomic mass is 10.1. The maximum absolute atomic E-state index is 12.2. The van der Waals surface area contributed by atoms with Crippen LogP contribution in [0.3, 0.4) is 0 Å². The van der Waals surface area contributed by atoms with Crippen molar-refractivity contribution in [3.63, 3.8) is 0 Å². The third-order valence-electron chi connectivity index (χ3n) is 2.95. The molecule has 0 atom stereocenters. The molecule has 1 amide bonds. The van der Waals surface area contributed by atoms with Crippen LogP contribution in [0, 0.1) is 11.3 Å². The van der Waals surface area contributed by atoms with Gasteiger partial charge in [0.05, 0.1) is 17.8 Å². The van der Waals surface area contributed by atoms with Gasteiger partial charge in [0.1, 0.15) is 17.4 Å². The Hall–Kier alpha value is -2.48. The van der Waals surface area contributed by atoms with Crippen molar-refractivity contribution < 1.29 is 9.53 Å². The number of ether oxygens (including phenoxy) is 1. The van der Waals surface area contributed by atoms with E-state index in [1.807, 2.05) is 6.07 Å². The fourth-order valence-corrected chi connectivity index (χ4v) is 2.17. The van der Waals surface area contributed by atoms with Gasteiger partial charge >= 0.3 is 0 Å². The van der Waals surface area contributed by atoms with Gasteiger partial charge in [-0.05, 0) is 42.0 Å². The molecule has 0 aliphatic carbocycles. The molecule has 0 spiro atoms. The second-order valence-electron chi connectivity index (χ2n) is 4.52. The normalized spacial score (nSPS) is 10.8. The Morgan fingerprint density at radius 2 is 2.04 bits per heavy atom. The van der Waals surface area contributed by atoms with Crippen LogP contribution < -0.4 is 10.1 Å². The molecular formula is C17H12Cl2N2O2. The van der Waals surface area contributed by atoms with E-state index in [9.17, 15) is 10.1 Å². The zero-order chi connectivity index (χ0) is 16.8. The molecular weight excluding hydrogens is 335 g/mol. The molecule has 0 bridgehead atoms. The number of amides is 1. The van der Waals surface area contributed by atoms with Crippen molar-refractivity contribution in [2.45, 2.75) is 0 Å². The van der Waals surface area contributed by atoms with E-state index in [0.717, 1.165) is 0 Å². The van der Waals surface area contributed by atoms with Crippen molar-refractivity contribution in [3.05, 3.63) is 63.6 Å². The molecule has 4 nitrogen and oxygen atoms in total. The van der Waals surface area contributed by atoms with Crippen molar-refractivity contribution in [1.82, 2.24) is 0 Å². The molecule has 2 aromatic carbocycles. The van der Waals surface area contributed by atoms with Crippen molar-refractivity contribution in [1.29, 1.82) is 5.26 Å². The number of benzene rings is 2. The van der Waals surface area contributed by atoms with Crippen LogP contribution in [-0.4, -0.2) is 13.0 Å². The molecule has 0 saturated carbocycles. The second kappa shape index (κ2) is 7.68. The Kier molecular flexibility index (Phi) is 5.64. The number of nitriles is 1. The molecule has 0 aromatic heterocycles. The van der Waals surface area contributed by atoms with Crippen LogP contribution >= 0.6 is 23.2 Å². The first-order valence-electron chi connectivity index (χ1n) is 6.55. The number of nitrogens with zero attached hydrogens (tertiary/aromatic N) is 1. The Balaban J connectivity index is 2.26. The van der Waals surface area contributed by atoms with E-state index in [4.69, 9.17) is 27.9 Å². The highest BCUT2D eigenvalue weighted by Crippen LogP contribution is 2.26. The predicted octanol–water partition coefficient (Wildman–Crippen LogP) is 4.55. The van der Waals surface area contributed by atoms with E-state index in [2.05, 4.69) is 5.32 Å². The van der Waals surface area contributed by atoms with Gasteiger partial charge in [0.15, 0.2) is 0 Å². The summed E-state index contributed by atoms with van der Waals surface area (Å²) in [5, 5.41) is 12.6. The van der Waals surface area contributed by atoms with Gasteiger partial charge in [-0.15, -0.1) is 0 Å². The highest BCUT2D eigenvalue weighted by molar-refractivity contribution is 6.36. The molecule has 0 radical (unpaired) electrons. The minimum Gasteiger partial charge on any atom is -0.497 e.